The number of halogens is 5. The lowest BCUT2D eigenvalue weighted by atomic mass is 10.1. The van der Waals surface area contributed by atoms with E-state index in [0.29, 0.717) is 0 Å². The molecule has 128 valence electrons. The maximum absolute atomic E-state index is 12.4. The number of carbonyl (C=O) groups excluding carboxylic acids is 2. The number of hydrogen-bond acceptors (Lipinski definition) is 5. The molecule has 0 aliphatic heterocycles. The van der Waals surface area contributed by atoms with E-state index in [1.54, 1.807) is 6.92 Å². The van der Waals surface area contributed by atoms with Crippen molar-refractivity contribution in [2.45, 2.75) is 13.3 Å². The molecule has 1 heterocycles. The Labute approximate surface area is 143 Å². The maximum Gasteiger partial charge on any atom is 0.573 e. The van der Waals surface area contributed by atoms with Crippen LogP contribution in [0.25, 0.3) is 10.9 Å². The zero-order valence-corrected chi connectivity index (χ0v) is 13.4. The number of pyridine rings is 1. The Hall–Kier alpha value is -2.06. The van der Waals surface area contributed by atoms with Gasteiger partial charge in [-0.15, -0.1) is 13.2 Å². The van der Waals surface area contributed by atoms with Gasteiger partial charge in [-0.2, -0.15) is 0 Å². The van der Waals surface area contributed by atoms with Gasteiger partial charge in [0.05, 0.1) is 22.7 Å². The molecule has 1 aromatic carbocycles. The van der Waals surface area contributed by atoms with Crippen LogP contribution in [0.1, 0.15) is 27.8 Å². The minimum absolute atomic E-state index is 0.0320. The molecule has 0 spiro atoms. The third kappa shape index (κ3) is 4.07. The Balaban J connectivity index is 2.69. The van der Waals surface area contributed by atoms with Crippen molar-refractivity contribution in [1.29, 1.82) is 0 Å². The van der Waals surface area contributed by atoms with Crippen LogP contribution in [0.15, 0.2) is 18.2 Å². The highest BCUT2D eigenvalue weighted by atomic mass is 35.5. The number of alkyl halides is 3. The summed E-state index contributed by atoms with van der Waals surface area (Å²) in [6, 6.07) is 2.82. The minimum atomic E-state index is -4.97. The Morgan fingerprint density at radius 3 is 2.46 bits per heavy atom. The molecule has 0 N–H and O–H groups in total. The van der Waals surface area contributed by atoms with E-state index >= 15 is 0 Å². The fraction of sp³-hybridized carbons (Fsp3) is 0.214. The third-order valence-corrected chi connectivity index (χ3v) is 3.28. The molecule has 0 unspecified atom stereocenters. The van der Waals surface area contributed by atoms with Crippen molar-refractivity contribution in [3.05, 3.63) is 34.5 Å². The topological polar surface area (TPSA) is 65.5 Å². The van der Waals surface area contributed by atoms with Crippen molar-refractivity contribution in [1.82, 2.24) is 4.98 Å². The number of fused-ring (bicyclic) bond motifs is 1. The lowest BCUT2D eigenvalue weighted by molar-refractivity contribution is -0.274. The summed E-state index contributed by atoms with van der Waals surface area (Å²) in [6.07, 6.45) is -4.97. The molecule has 0 saturated carbocycles. The van der Waals surface area contributed by atoms with Gasteiger partial charge in [-0.25, -0.2) is 9.78 Å². The lowest BCUT2D eigenvalue weighted by Gasteiger charge is -2.12. The van der Waals surface area contributed by atoms with Gasteiger partial charge >= 0.3 is 12.3 Å². The fourth-order valence-corrected chi connectivity index (χ4v) is 2.30. The summed E-state index contributed by atoms with van der Waals surface area (Å²) in [6.45, 7) is 1.66. The van der Waals surface area contributed by atoms with Crippen molar-refractivity contribution in [2.75, 3.05) is 6.61 Å². The largest absolute Gasteiger partial charge is 0.573 e. The molecule has 0 fully saturated rings. The van der Waals surface area contributed by atoms with E-state index in [-0.39, 0.29) is 33.8 Å². The van der Waals surface area contributed by atoms with Gasteiger partial charge in [0, 0.05) is 5.39 Å². The Morgan fingerprint density at radius 1 is 1.25 bits per heavy atom. The van der Waals surface area contributed by atoms with Crippen LogP contribution in [0.2, 0.25) is 5.02 Å². The van der Waals surface area contributed by atoms with Gasteiger partial charge < -0.3 is 9.47 Å². The predicted molar refractivity (Wildman–Crippen MR) is 79.6 cm³/mol. The van der Waals surface area contributed by atoms with E-state index in [9.17, 15) is 22.8 Å². The van der Waals surface area contributed by atoms with Crippen LogP contribution in [-0.2, 0) is 4.74 Å². The molecule has 1 aromatic heterocycles. The Morgan fingerprint density at radius 2 is 1.92 bits per heavy atom. The second kappa shape index (κ2) is 6.82. The smallest absolute Gasteiger partial charge is 0.461 e. The summed E-state index contributed by atoms with van der Waals surface area (Å²) in [5, 5.41) is -1.23. The summed E-state index contributed by atoms with van der Waals surface area (Å²) in [7, 11) is 0. The van der Waals surface area contributed by atoms with Crippen molar-refractivity contribution < 1.29 is 32.2 Å². The number of hydrogen-bond donors (Lipinski definition) is 0. The first-order valence-electron chi connectivity index (χ1n) is 6.39. The molecule has 0 bridgehead atoms. The average molecular weight is 382 g/mol. The number of rotatable bonds is 4. The zero-order chi connectivity index (χ0) is 18.1. The van der Waals surface area contributed by atoms with Crippen LogP contribution in [-0.4, -0.2) is 29.2 Å². The van der Waals surface area contributed by atoms with E-state index in [4.69, 9.17) is 27.9 Å². The fourth-order valence-electron chi connectivity index (χ4n) is 1.91. The van der Waals surface area contributed by atoms with Crippen molar-refractivity contribution in [3.63, 3.8) is 0 Å². The SMILES string of the molecule is CCOC(=O)c1cc(Cl)c2cc(OC(F)(F)F)cc(C(=O)Cl)c2n1. The molecule has 0 atom stereocenters. The van der Waals surface area contributed by atoms with E-state index in [2.05, 4.69) is 9.72 Å². The van der Waals surface area contributed by atoms with Crippen LogP contribution in [0.3, 0.4) is 0 Å². The number of carbonyl (C=O) groups is 2. The molecule has 0 saturated heterocycles. The third-order valence-electron chi connectivity index (χ3n) is 2.77. The van der Waals surface area contributed by atoms with Crippen LogP contribution in [0.5, 0.6) is 5.75 Å². The summed E-state index contributed by atoms with van der Waals surface area (Å²) in [5.41, 5.74) is -0.737. The van der Waals surface area contributed by atoms with Gasteiger partial charge in [0.1, 0.15) is 5.75 Å². The maximum atomic E-state index is 12.4. The highest BCUT2D eigenvalue weighted by Crippen LogP contribution is 2.33. The van der Waals surface area contributed by atoms with Gasteiger partial charge in [0.15, 0.2) is 5.69 Å². The first-order valence-corrected chi connectivity index (χ1v) is 7.15. The van der Waals surface area contributed by atoms with Crippen LogP contribution < -0.4 is 4.74 Å². The number of nitrogens with zero attached hydrogens (tertiary/aromatic N) is 1. The second-order valence-corrected chi connectivity index (χ2v) is 5.15. The molecule has 2 aromatic rings. The second-order valence-electron chi connectivity index (χ2n) is 4.40. The molecule has 0 aliphatic carbocycles. The van der Waals surface area contributed by atoms with Gasteiger partial charge in [-0.3, -0.25) is 4.79 Å². The van der Waals surface area contributed by atoms with Gasteiger partial charge in [-0.1, -0.05) is 11.6 Å². The van der Waals surface area contributed by atoms with Gasteiger partial charge in [0.25, 0.3) is 5.24 Å². The molecule has 5 nitrogen and oxygen atoms in total. The minimum Gasteiger partial charge on any atom is -0.461 e. The molecule has 0 amide bonds. The summed E-state index contributed by atoms with van der Waals surface area (Å²) in [4.78, 5) is 27.2. The number of benzene rings is 1. The average Bonchev–Trinajstić information content (AvgIpc) is 2.45. The highest BCUT2D eigenvalue weighted by molar-refractivity contribution is 6.68. The molecule has 0 radical (unpaired) electrons. The number of ether oxygens (including phenoxy) is 2. The van der Waals surface area contributed by atoms with Crippen LogP contribution in [0.4, 0.5) is 13.2 Å². The molecule has 10 heteroatoms. The zero-order valence-electron chi connectivity index (χ0n) is 11.9. The monoisotopic (exact) mass is 381 g/mol. The van der Waals surface area contributed by atoms with E-state index in [1.807, 2.05) is 0 Å². The van der Waals surface area contributed by atoms with Crippen LogP contribution in [0, 0.1) is 0 Å². The van der Waals surface area contributed by atoms with Gasteiger partial charge in [-0.05, 0) is 36.7 Å². The number of esters is 1. The summed E-state index contributed by atoms with van der Waals surface area (Å²) < 4.78 is 45.7. The Kier molecular flexibility index (Phi) is 5.19. The van der Waals surface area contributed by atoms with Crippen molar-refractivity contribution >= 4 is 45.3 Å². The molecule has 24 heavy (non-hydrogen) atoms. The molecular formula is C14H8Cl2F3NO4. The van der Waals surface area contributed by atoms with Gasteiger partial charge in [0.2, 0.25) is 0 Å². The summed E-state index contributed by atoms with van der Waals surface area (Å²) >= 11 is 11.4. The van der Waals surface area contributed by atoms with E-state index in [0.717, 1.165) is 18.2 Å². The van der Waals surface area contributed by atoms with E-state index in [1.165, 1.54) is 0 Å². The highest BCUT2D eigenvalue weighted by Gasteiger charge is 2.32. The van der Waals surface area contributed by atoms with E-state index < -0.39 is 23.3 Å². The molecular weight excluding hydrogens is 374 g/mol. The summed E-state index contributed by atoms with van der Waals surface area (Å²) in [5.74, 6) is -1.49. The first-order chi connectivity index (χ1) is 11.1. The normalized spacial score (nSPS) is 11.4. The lowest BCUT2D eigenvalue weighted by Crippen LogP contribution is -2.17. The van der Waals surface area contributed by atoms with Crippen molar-refractivity contribution in [3.8, 4) is 5.75 Å². The van der Waals surface area contributed by atoms with Crippen molar-refractivity contribution in [2.24, 2.45) is 0 Å². The standard InChI is InChI=1S/C14H8Cl2F3NO4/c1-2-23-13(22)10-5-9(15)7-3-6(24-14(17,18)19)4-8(12(16)21)11(7)20-10/h3-5H,2H2,1H3. The van der Waals surface area contributed by atoms with Crippen LogP contribution >= 0.6 is 23.2 Å². The number of aromatic nitrogens is 1. The molecule has 0 aliphatic rings. The first kappa shape index (κ1) is 18.3. The quantitative estimate of drug-likeness (QED) is 0.582. The molecule has 2 rings (SSSR count). The Bertz CT molecular complexity index is 824. The predicted octanol–water partition coefficient (Wildman–Crippen LogP) is 4.34.